The molecular formula is C17H23FN2O. The number of benzene rings is 1. The number of nitrogens with zero attached hydrogens (tertiary/aromatic N) is 1. The maximum absolute atomic E-state index is 13.4. The molecule has 1 aromatic rings. The SMILES string of the molecule is NC(CC1CCCCC1)C(=O)N1CCc2ccc(F)cc21. The topological polar surface area (TPSA) is 46.3 Å². The maximum Gasteiger partial charge on any atom is 0.243 e. The van der Waals surface area contributed by atoms with Crippen LogP contribution in [0.1, 0.15) is 44.1 Å². The molecule has 2 aliphatic rings. The van der Waals surface area contributed by atoms with E-state index in [2.05, 4.69) is 0 Å². The third-order valence-electron chi connectivity index (χ3n) is 4.84. The van der Waals surface area contributed by atoms with Crippen molar-refractivity contribution in [3.8, 4) is 0 Å². The predicted molar refractivity (Wildman–Crippen MR) is 81.6 cm³/mol. The van der Waals surface area contributed by atoms with Crippen molar-refractivity contribution in [3.05, 3.63) is 29.6 Å². The van der Waals surface area contributed by atoms with Crippen LogP contribution in [0, 0.1) is 11.7 Å². The molecule has 0 saturated heterocycles. The van der Waals surface area contributed by atoms with E-state index in [9.17, 15) is 9.18 Å². The highest BCUT2D eigenvalue weighted by Crippen LogP contribution is 2.31. The minimum atomic E-state index is -0.456. The second-order valence-corrected chi connectivity index (χ2v) is 6.36. The molecule has 3 nitrogen and oxygen atoms in total. The molecule has 114 valence electrons. The number of carbonyl (C=O) groups excluding carboxylic acids is 1. The fraction of sp³-hybridized carbons (Fsp3) is 0.588. The Morgan fingerprint density at radius 1 is 1.33 bits per heavy atom. The molecule has 1 unspecified atom stereocenters. The van der Waals surface area contributed by atoms with E-state index in [1.165, 1.54) is 44.2 Å². The van der Waals surface area contributed by atoms with Crippen molar-refractivity contribution in [1.29, 1.82) is 0 Å². The lowest BCUT2D eigenvalue weighted by molar-refractivity contribution is -0.120. The monoisotopic (exact) mass is 290 g/mol. The molecule has 1 amide bonds. The summed E-state index contributed by atoms with van der Waals surface area (Å²) in [4.78, 5) is 14.2. The molecule has 1 aliphatic carbocycles. The summed E-state index contributed by atoms with van der Waals surface area (Å²) in [5.41, 5.74) is 7.88. The van der Waals surface area contributed by atoms with E-state index in [4.69, 9.17) is 5.73 Å². The lowest BCUT2D eigenvalue weighted by Gasteiger charge is -2.27. The highest BCUT2D eigenvalue weighted by molar-refractivity contribution is 5.98. The summed E-state index contributed by atoms with van der Waals surface area (Å²) in [6, 6.07) is 4.22. The number of hydrogen-bond acceptors (Lipinski definition) is 2. The molecule has 1 atom stereocenters. The van der Waals surface area contributed by atoms with E-state index in [0.29, 0.717) is 18.2 Å². The van der Waals surface area contributed by atoms with E-state index in [-0.39, 0.29) is 11.7 Å². The fourth-order valence-corrected chi connectivity index (χ4v) is 3.66. The molecule has 21 heavy (non-hydrogen) atoms. The number of anilines is 1. The summed E-state index contributed by atoms with van der Waals surface area (Å²) < 4.78 is 13.4. The normalized spacial score (nSPS) is 20.4. The third kappa shape index (κ3) is 3.10. The lowest BCUT2D eigenvalue weighted by atomic mass is 9.85. The zero-order valence-corrected chi connectivity index (χ0v) is 12.4. The van der Waals surface area contributed by atoms with Crippen LogP contribution in [0.5, 0.6) is 0 Å². The van der Waals surface area contributed by atoms with Gasteiger partial charge in [-0.1, -0.05) is 38.2 Å². The molecule has 0 bridgehead atoms. The van der Waals surface area contributed by atoms with Gasteiger partial charge in [0, 0.05) is 12.2 Å². The summed E-state index contributed by atoms with van der Waals surface area (Å²) in [6.07, 6.45) is 7.74. The Balaban J connectivity index is 1.67. The molecule has 1 aliphatic heterocycles. The molecule has 0 aromatic heterocycles. The van der Waals surface area contributed by atoms with E-state index in [1.54, 1.807) is 11.0 Å². The van der Waals surface area contributed by atoms with Crippen LogP contribution in [-0.2, 0) is 11.2 Å². The molecule has 2 N–H and O–H groups in total. The van der Waals surface area contributed by atoms with Gasteiger partial charge in [-0.3, -0.25) is 4.79 Å². The maximum atomic E-state index is 13.4. The van der Waals surface area contributed by atoms with Crippen LogP contribution in [0.3, 0.4) is 0 Å². The van der Waals surface area contributed by atoms with Crippen LogP contribution >= 0.6 is 0 Å². The Morgan fingerprint density at radius 2 is 2.10 bits per heavy atom. The number of fused-ring (bicyclic) bond motifs is 1. The Labute approximate surface area is 125 Å². The van der Waals surface area contributed by atoms with Gasteiger partial charge in [0.05, 0.1) is 6.04 Å². The fourth-order valence-electron chi connectivity index (χ4n) is 3.66. The van der Waals surface area contributed by atoms with Crippen molar-refractivity contribution in [1.82, 2.24) is 0 Å². The van der Waals surface area contributed by atoms with Gasteiger partial charge >= 0.3 is 0 Å². The second-order valence-electron chi connectivity index (χ2n) is 6.36. The summed E-state index contributed by atoms with van der Waals surface area (Å²) in [5, 5.41) is 0. The quantitative estimate of drug-likeness (QED) is 0.930. The second kappa shape index (κ2) is 6.14. The molecular weight excluding hydrogens is 267 g/mol. The first-order valence-corrected chi connectivity index (χ1v) is 8.00. The van der Waals surface area contributed by atoms with Gasteiger partial charge in [-0.05, 0) is 36.5 Å². The van der Waals surface area contributed by atoms with Crippen molar-refractivity contribution in [2.75, 3.05) is 11.4 Å². The van der Waals surface area contributed by atoms with Gasteiger partial charge in [0.25, 0.3) is 0 Å². The highest BCUT2D eigenvalue weighted by atomic mass is 19.1. The van der Waals surface area contributed by atoms with Gasteiger partial charge in [-0.2, -0.15) is 0 Å². The first-order valence-electron chi connectivity index (χ1n) is 8.00. The van der Waals surface area contributed by atoms with Crippen LogP contribution in [0.25, 0.3) is 0 Å². The van der Waals surface area contributed by atoms with E-state index < -0.39 is 6.04 Å². The van der Waals surface area contributed by atoms with E-state index in [0.717, 1.165) is 18.4 Å². The van der Waals surface area contributed by atoms with Crippen LogP contribution in [0.2, 0.25) is 0 Å². The first-order chi connectivity index (χ1) is 10.1. The minimum absolute atomic E-state index is 0.0510. The summed E-state index contributed by atoms with van der Waals surface area (Å²) in [6.45, 7) is 0.621. The molecule has 0 radical (unpaired) electrons. The summed E-state index contributed by atoms with van der Waals surface area (Å²) >= 11 is 0. The average molecular weight is 290 g/mol. The molecule has 1 fully saturated rings. The van der Waals surface area contributed by atoms with Gasteiger partial charge in [-0.15, -0.1) is 0 Å². The van der Waals surface area contributed by atoms with Crippen LogP contribution in [0.4, 0.5) is 10.1 Å². The van der Waals surface area contributed by atoms with E-state index in [1.807, 2.05) is 0 Å². The Morgan fingerprint density at radius 3 is 2.86 bits per heavy atom. The Hall–Kier alpha value is -1.42. The van der Waals surface area contributed by atoms with Gasteiger partial charge in [0.15, 0.2) is 0 Å². The van der Waals surface area contributed by atoms with Gasteiger partial charge < -0.3 is 10.6 Å². The molecule has 1 saturated carbocycles. The molecule has 0 spiro atoms. The number of halogens is 1. The van der Waals surface area contributed by atoms with Gasteiger partial charge in [0.1, 0.15) is 5.82 Å². The van der Waals surface area contributed by atoms with Crippen molar-refractivity contribution >= 4 is 11.6 Å². The predicted octanol–water partition coefficient (Wildman–Crippen LogP) is 3.01. The molecule has 1 heterocycles. The van der Waals surface area contributed by atoms with Crippen molar-refractivity contribution < 1.29 is 9.18 Å². The molecule has 4 heteroatoms. The molecule has 1 aromatic carbocycles. The molecule has 3 rings (SSSR count). The first kappa shape index (κ1) is 14.5. The summed E-state index contributed by atoms with van der Waals surface area (Å²) in [5.74, 6) is 0.228. The summed E-state index contributed by atoms with van der Waals surface area (Å²) in [7, 11) is 0. The number of hydrogen-bond donors (Lipinski definition) is 1. The lowest BCUT2D eigenvalue weighted by Crippen LogP contribution is -2.44. The minimum Gasteiger partial charge on any atom is -0.320 e. The van der Waals surface area contributed by atoms with Crippen LogP contribution < -0.4 is 10.6 Å². The highest BCUT2D eigenvalue weighted by Gasteiger charge is 2.30. The van der Waals surface area contributed by atoms with E-state index >= 15 is 0 Å². The Kier molecular flexibility index (Phi) is 4.24. The van der Waals surface area contributed by atoms with Gasteiger partial charge in [0.2, 0.25) is 5.91 Å². The number of amides is 1. The Bertz CT molecular complexity index is 526. The smallest absolute Gasteiger partial charge is 0.243 e. The van der Waals surface area contributed by atoms with Crippen molar-refractivity contribution in [3.63, 3.8) is 0 Å². The van der Waals surface area contributed by atoms with Crippen LogP contribution in [0.15, 0.2) is 18.2 Å². The van der Waals surface area contributed by atoms with Crippen molar-refractivity contribution in [2.45, 2.75) is 51.0 Å². The average Bonchev–Trinajstić information content (AvgIpc) is 2.90. The number of rotatable bonds is 3. The number of nitrogens with two attached hydrogens (primary N) is 1. The zero-order chi connectivity index (χ0) is 14.8. The van der Waals surface area contributed by atoms with Crippen molar-refractivity contribution in [2.24, 2.45) is 11.7 Å². The standard InChI is InChI=1S/C17H23FN2O/c18-14-7-6-13-8-9-20(16(13)11-14)17(21)15(19)10-12-4-2-1-3-5-12/h6-7,11-12,15H,1-5,8-10,19H2. The zero-order valence-electron chi connectivity index (χ0n) is 12.4. The largest absolute Gasteiger partial charge is 0.320 e. The number of carbonyl (C=O) groups is 1. The van der Waals surface area contributed by atoms with Crippen LogP contribution in [-0.4, -0.2) is 18.5 Å². The van der Waals surface area contributed by atoms with Gasteiger partial charge in [-0.25, -0.2) is 4.39 Å². The third-order valence-corrected chi connectivity index (χ3v) is 4.84.